The lowest BCUT2D eigenvalue weighted by Crippen LogP contribution is -2.38. The van der Waals surface area contributed by atoms with Crippen LogP contribution < -0.4 is 9.47 Å². The van der Waals surface area contributed by atoms with Gasteiger partial charge in [-0.05, 0) is 37.6 Å². The SMILES string of the molecule is COc1ccc(S(=O)(=O)N(C)CC2(C)CCN(C)C2)c(OC)c1. The Kier molecular flexibility index (Phi) is 5.23. The molecule has 0 spiro atoms. The van der Waals surface area contributed by atoms with Gasteiger partial charge in [0, 0.05) is 26.2 Å². The molecule has 0 N–H and O–H groups in total. The van der Waals surface area contributed by atoms with Crippen molar-refractivity contribution in [3.05, 3.63) is 18.2 Å². The Hall–Kier alpha value is -1.31. The van der Waals surface area contributed by atoms with E-state index in [1.54, 1.807) is 19.2 Å². The Morgan fingerprint density at radius 3 is 2.52 bits per heavy atom. The van der Waals surface area contributed by atoms with Crippen LogP contribution in [0.25, 0.3) is 0 Å². The van der Waals surface area contributed by atoms with E-state index in [1.807, 2.05) is 0 Å². The lowest BCUT2D eigenvalue weighted by atomic mass is 9.90. The molecule has 1 aromatic rings. The van der Waals surface area contributed by atoms with Gasteiger partial charge in [-0.15, -0.1) is 0 Å². The molecule has 0 radical (unpaired) electrons. The fourth-order valence-electron chi connectivity index (χ4n) is 3.18. The van der Waals surface area contributed by atoms with Crippen LogP contribution in [-0.4, -0.2) is 65.6 Å². The van der Waals surface area contributed by atoms with E-state index >= 15 is 0 Å². The zero-order valence-electron chi connectivity index (χ0n) is 14.5. The molecular weight excluding hydrogens is 316 g/mol. The molecule has 1 aromatic carbocycles. The van der Waals surface area contributed by atoms with E-state index in [9.17, 15) is 8.42 Å². The number of methoxy groups -OCH3 is 2. The first-order chi connectivity index (χ1) is 10.7. The van der Waals surface area contributed by atoms with E-state index in [2.05, 4.69) is 18.9 Å². The van der Waals surface area contributed by atoms with Crippen molar-refractivity contribution in [3.8, 4) is 11.5 Å². The Balaban J connectivity index is 2.27. The number of hydrogen-bond donors (Lipinski definition) is 0. The topological polar surface area (TPSA) is 59.1 Å². The summed E-state index contributed by atoms with van der Waals surface area (Å²) in [6, 6.07) is 4.76. The van der Waals surface area contributed by atoms with Gasteiger partial charge in [0.2, 0.25) is 10.0 Å². The molecule has 1 aliphatic heterocycles. The van der Waals surface area contributed by atoms with Gasteiger partial charge in [0.25, 0.3) is 0 Å². The summed E-state index contributed by atoms with van der Waals surface area (Å²) in [4.78, 5) is 2.40. The molecule has 130 valence electrons. The maximum absolute atomic E-state index is 12.9. The average molecular weight is 342 g/mol. The minimum Gasteiger partial charge on any atom is -0.497 e. The van der Waals surface area contributed by atoms with Crippen LogP contribution in [0, 0.1) is 5.41 Å². The zero-order valence-corrected chi connectivity index (χ0v) is 15.3. The smallest absolute Gasteiger partial charge is 0.246 e. The molecule has 1 heterocycles. The van der Waals surface area contributed by atoms with Gasteiger partial charge in [-0.2, -0.15) is 0 Å². The van der Waals surface area contributed by atoms with Gasteiger partial charge in [0.15, 0.2) is 0 Å². The van der Waals surface area contributed by atoms with Gasteiger partial charge >= 0.3 is 0 Å². The van der Waals surface area contributed by atoms with E-state index in [0.717, 1.165) is 19.5 Å². The van der Waals surface area contributed by atoms with Crippen LogP contribution in [0.4, 0.5) is 0 Å². The lowest BCUT2D eigenvalue weighted by molar-refractivity contribution is 0.255. The van der Waals surface area contributed by atoms with Crippen molar-refractivity contribution >= 4 is 10.0 Å². The number of benzene rings is 1. The summed E-state index contributed by atoms with van der Waals surface area (Å²) < 4.78 is 37.6. The first kappa shape index (κ1) is 18.0. The normalized spacial score (nSPS) is 22.5. The molecule has 0 aromatic heterocycles. The van der Waals surface area contributed by atoms with Gasteiger partial charge in [0.1, 0.15) is 16.4 Å². The van der Waals surface area contributed by atoms with E-state index < -0.39 is 10.0 Å². The molecule has 1 fully saturated rings. The molecular formula is C16H26N2O4S. The highest BCUT2D eigenvalue weighted by molar-refractivity contribution is 7.89. The van der Waals surface area contributed by atoms with Crippen LogP contribution in [-0.2, 0) is 10.0 Å². The average Bonchev–Trinajstić information content (AvgIpc) is 2.85. The first-order valence-electron chi connectivity index (χ1n) is 7.59. The second-order valence-electron chi connectivity index (χ2n) is 6.58. The number of sulfonamides is 1. The third-order valence-electron chi connectivity index (χ3n) is 4.41. The lowest BCUT2D eigenvalue weighted by Gasteiger charge is -2.29. The van der Waals surface area contributed by atoms with Crippen LogP contribution in [0.1, 0.15) is 13.3 Å². The van der Waals surface area contributed by atoms with Crippen molar-refractivity contribution in [2.24, 2.45) is 5.41 Å². The van der Waals surface area contributed by atoms with Crippen molar-refractivity contribution in [1.82, 2.24) is 9.21 Å². The van der Waals surface area contributed by atoms with Gasteiger partial charge in [-0.3, -0.25) is 0 Å². The molecule has 0 amide bonds. The van der Waals surface area contributed by atoms with Gasteiger partial charge in [0.05, 0.1) is 14.2 Å². The maximum atomic E-state index is 12.9. The summed E-state index contributed by atoms with van der Waals surface area (Å²) in [5.74, 6) is 0.859. The number of nitrogens with zero attached hydrogens (tertiary/aromatic N) is 2. The summed E-state index contributed by atoms with van der Waals surface area (Å²) in [7, 11) is 3.07. The molecule has 0 aliphatic carbocycles. The number of rotatable bonds is 6. The summed E-state index contributed by atoms with van der Waals surface area (Å²) in [6.07, 6.45) is 0.989. The number of hydrogen-bond acceptors (Lipinski definition) is 5. The van der Waals surface area contributed by atoms with Crippen molar-refractivity contribution in [2.45, 2.75) is 18.2 Å². The van der Waals surface area contributed by atoms with Crippen molar-refractivity contribution in [3.63, 3.8) is 0 Å². The minimum absolute atomic E-state index is 0.0315. The molecule has 6 nitrogen and oxygen atoms in total. The third kappa shape index (κ3) is 3.79. The molecule has 2 rings (SSSR count). The highest BCUT2D eigenvalue weighted by atomic mass is 32.2. The van der Waals surface area contributed by atoms with E-state index in [4.69, 9.17) is 9.47 Å². The maximum Gasteiger partial charge on any atom is 0.246 e. The molecule has 1 aliphatic rings. The molecule has 1 saturated heterocycles. The molecule has 1 atom stereocenters. The standard InChI is InChI=1S/C16H26N2O4S/c1-16(8-9-17(2)11-16)12-18(3)23(19,20)15-7-6-13(21-4)10-14(15)22-5/h6-7,10H,8-9,11-12H2,1-5H3. The van der Waals surface area contributed by atoms with Crippen LogP contribution in [0.15, 0.2) is 23.1 Å². The van der Waals surface area contributed by atoms with Crippen LogP contribution >= 0.6 is 0 Å². The second kappa shape index (κ2) is 6.67. The predicted molar refractivity (Wildman–Crippen MR) is 89.6 cm³/mol. The van der Waals surface area contributed by atoms with Crippen LogP contribution in [0.2, 0.25) is 0 Å². The Morgan fingerprint density at radius 2 is 2.00 bits per heavy atom. The number of ether oxygens (including phenoxy) is 2. The second-order valence-corrected chi connectivity index (χ2v) is 8.59. The zero-order chi connectivity index (χ0) is 17.3. The van der Waals surface area contributed by atoms with Gasteiger partial charge in [-0.1, -0.05) is 6.92 Å². The molecule has 23 heavy (non-hydrogen) atoms. The molecule has 0 bridgehead atoms. The van der Waals surface area contributed by atoms with E-state index in [-0.39, 0.29) is 10.3 Å². The first-order valence-corrected chi connectivity index (χ1v) is 9.03. The molecule has 7 heteroatoms. The molecule has 0 saturated carbocycles. The Morgan fingerprint density at radius 1 is 1.30 bits per heavy atom. The monoisotopic (exact) mass is 342 g/mol. The number of likely N-dealkylation sites (tertiary alicyclic amines) is 1. The van der Waals surface area contributed by atoms with Gasteiger partial charge in [-0.25, -0.2) is 12.7 Å². The summed E-state index contributed by atoms with van der Waals surface area (Å²) in [6.45, 7) is 4.51. The predicted octanol–water partition coefficient (Wildman–Crippen LogP) is 1.67. The fraction of sp³-hybridized carbons (Fsp3) is 0.625. The Labute approximate surface area is 139 Å². The van der Waals surface area contributed by atoms with Gasteiger partial charge < -0.3 is 14.4 Å². The Bertz CT molecular complexity index is 662. The third-order valence-corrected chi connectivity index (χ3v) is 6.25. The van der Waals surface area contributed by atoms with Crippen molar-refractivity contribution < 1.29 is 17.9 Å². The molecule has 1 unspecified atom stereocenters. The van der Waals surface area contributed by atoms with E-state index in [0.29, 0.717) is 18.0 Å². The fourth-order valence-corrected chi connectivity index (χ4v) is 4.63. The van der Waals surface area contributed by atoms with E-state index in [1.165, 1.54) is 24.6 Å². The largest absolute Gasteiger partial charge is 0.497 e. The summed E-state index contributed by atoms with van der Waals surface area (Å²) >= 11 is 0. The van der Waals surface area contributed by atoms with Crippen LogP contribution in [0.5, 0.6) is 11.5 Å². The highest BCUT2D eigenvalue weighted by Crippen LogP contribution is 2.34. The van der Waals surface area contributed by atoms with Crippen LogP contribution in [0.3, 0.4) is 0 Å². The highest BCUT2D eigenvalue weighted by Gasteiger charge is 2.36. The summed E-state index contributed by atoms with van der Waals surface area (Å²) in [5, 5.41) is 0. The van der Waals surface area contributed by atoms with Crippen molar-refractivity contribution in [2.75, 3.05) is 47.9 Å². The minimum atomic E-state index is -3.62. The summed E-state index contributed by atoms with van der Waals surface area (Å²) in [5.41, 5.74) is -0.0315. The quantitative estimate of drug-likeness (QED) is 0.787. The van der Waals surface area contributed by atoms with Crippen molar-refractivity contribution in [1.29, 1.82) is 0 Å².